The number of rotatable bonds is 5. The summed E-state index contributed by atoms with van der Waals surface area (Å²) >= 11 is 0. The first-order valence-corrected chi connectivity index (χ1v) is 8.70. The summed E-state index contributed by atoms with van der Waals surface area (Å²) in [5.74, 6) is 7.93. The summed E-state index contributed by atoms with van der Waals surface area (Å²) in [5.41, 5.74) is 4.95. The van der Waals surface area contributed by atoms with Gasteiger partial charge in [-0.15, -0.1) is 0 Å². The molecule has 1 aromatic carbocycles. The summed E-state index contributed by atoms with van der Waals surface area (Å²) in [6, 6.07) is 4.42. The lowest BCUT2D eigenvalue weighted by atomic mass is 9.95. The van der Waals surface area contributed by atoms with Gasteiger partial charge in [-0.2, -0.15) is 0 Å². The lowest BCUT2D eigenvalue weighted by Crippen LogP contribution is -2.01. The van der Waals surface area contributed by atoms with Crippen molar-refractivity contribution in [3.05, 3.63) is 34.4 Å². The molecular formula is C21H28O. The Bertz CT molecular complexity index is 580. The van der Waals surface area contributed by atoms with Crippen LogP contribution in [0.3, 0.4) is 0 Å². The molecule has 0 spiro atoms. The largest absolute Gasteiger partial charge is 0.300 e. The van der Waals surface area contributed by atoms with Crippen molar-refractivity contribution in [1.82, 2.24) is 0 Å². The molecule has 1 nitrogen and oxygen atoms in total. The van der Waals surface area contributed by atoms with Crippen LogP contribution < -0.4 is 0 Å². The maximum atomic E-state index is 11.6. The summed E-state index contributed by atoms with van der Waals surface area (Å²) in [4.78, 5) is 11.6. The standard InChI is InChI=1S/C21H28O/c1-4-21(22)13-12-20-15-17(3)16(2)14-19(20)11-7-10-18-8-5-6-9-18/h14-15,18H,4-6,8-10,12-13H2,1-3H3. The normalized spacial score (nSPS) is 14.7. The van der Waals surface area contributed by atoms with Gasteiger partial charge >= 0.3 is 0 Å². The average molecular weight is 296 g/mol. The highest BCUT2D eigenvalue weighted by atomic mass is 16.1. The van der Waals surface area contributed by atoms with E-state index in [9.17, 15) is 4.79 Å². The minimum atomic E-state index is 0.336. The number of benzene rings is 1. The lowest BCUT2D eigenvalue weighted by Gasteiger charge is -2.09. The minimum Gasteiger partial charge on any atom is -0.300 e. The molecule has 1 aliphatic carbocycles. The van der Waals surface area contributed by atoms with E-state index >= 15 is 0 Å². The lowest BCUT2D eigenvalue weighted by molar-refractivity contribution is -0.118. The van der Waals surface area contributed by atoms with Gasteiger partial charge in [0.15, 0.2) is 0 Å². The fourth-order valence-corrected chi connectivity index (χ4v) is 3.16. The molecule has 0 unspecified atom stereocenters. The topological polar surface area (TPSA) is 17.1 Å². The van der Waals surface area contributed by atoms with E-state index in [4.69, 9.17) is 0 Å². The zero-order chi connectivity index (χ0) is 15.9. The Hall–Kier alpha value is -1.55. The molecular weight excluding hydrogens is 268 g/mol. The van der Waals surface area contributed by atoms with Crippen molar-refractivity contribution in [2.24, 2.45) is 5.92 Å². The van der Waals surface area contributed by atoms with E-state index in [2.05, 4.69) is 37.8 Å². The first kappa shape index (κ1) is 16.8. The second-order valence-electron chi connectivity index (χ2n) is 6.64. The highest BCUT2D eigenvalue weighted by Crippen LogP contribution is 2.27. The molecule has 0 saturated heterocycles. The van der Waals surface area contributed by atoms with Crippen molar-refractivity contribution in [3.63, 3.8) is 0 Å². The van der Waals surface area contributed by atoms with Crippen molar-refractivity contribution in [1.29, 1.82) is 0 Å². The Kier molecular flexibility index (Phi) is 6.25. The van der Waals surface area contributed by atoms with Crippen molar-refractivity contribution in [2.75, 3.05) is 0 Å². The SMILES string of the molecule is CCC(=O)CCc1cc(C)c(C)cc1C#CCC1CCCC1. The van der Waals surface area contributed by atoms with Gasteiger partial charge in [0.25, 0.3) is 0 Å². The van der Waals surface area contributed by atoms with Crippen LogP contribution in [0, 0.1) is 31.6 Å². The summed E-state index contributed by atoms with van der Waals surface area (Å²) in [7, 11) is 0. The van der Waals surface area contributed by atoms with Crippen LogP contribution in [-0.2, 0) is 11.2 Å². The fourth-order valence-electron chi connectivity index (χ4n) is 3.16. The molecule has 0 heterocycles. The second-order valence-corrected chi connectivity index (χ2v) is 6.64. The number of Topliss-reactive ketones (excluding diaryl/α,β-unsaturated/α-hetero) is 1. The Morgan fingerprint density at radius 2 is 1.86 bits per heavy atom. The molecule has 0 radical (unpaired) electrons. The highest BCUT2D eigenvalue weighted by molar-refractivity contribution is 5.78. The van der Waals surface area contributed by atoms with Gasteiger partial charge in [-0.05, 0) is 61.8 Å². The van der Waals surface area contributed by atoms with Crippen LogP contribution in [-0.4, -0.2) is 5.78 Å². The van der Waals surface area contributed by atoms with E-state index in [1.807, 2.05) is 6.92 Å². The van der Waals surface area contributed by atoms with Crippen molar-refractivity contribution in [2.45, 2.75) is 72.1 Å². The molecule has 1 aliphatic rings. The highest BCUT2D eigenvalue weighted by Gasteiger charge is 2.13. The van der Waals surface area contributed by atoms with E-state index in [0.29, 0.717) is 18.6 Å². The van der Waals surface area contributed by atoms with Gasteiger partial charge in [-0.1, -0.05) is 37.7 Å². The second kappa shape index (κ2) is 8.18. The van der Waals surface area contributed by atoms with Crippen LogP contribution in [0.4, 0.5) is 0 Å². The monoisotopic (exact) mass is 296 g/mol. The first-order valence-electron chi connectivity index (χ1n) is 8.70. The molecule has 118 valence electrons. The molecule has 1 aromatic rings. The number of aryl methyl sites for hydroxylation is 3. The number of ketones is 1. The molecule has 0 bridgehead atoms. The Balaban J connectivity index is 2.11. The quantitative estimate of drug-likeness (QED) is 0.687. The summed E-state index contributed by atoms with van der Waals surface area (Å²) in [6.07, 6.45) is 8.56. The number of carbonyl (C=O) groups excluding carboxylic acids is 1. The van der Waals surface area contributed by atoms with Crippen LogP contribution in [0.15, 0.2) is 12.1 Å². The Morgan fingerprint density at radius 3 is 2.55 bits per heavy atom. The molecule has 0 aliphatic heterocycles. The van der Waals surface area contributed by atoms with Crippen LogP contribution in [0.2, 0.25) is 0 Å². The van der Waals surface area contributed by atoms with Crippen molar-refractivity contribution in [3.8, 4) is 11.8 Å². The number of hydrogen-bond acceptors (Lipinski definition) is 1. The zero-order valence-electron chi connectivity index (χ0n) is 14.3. The Labute approximate surface area is 135 Å². The molecule has 0 N–H and O–H groups in total. The van der Waals surface area contributed by atoms with E-state index in [0.717, 1.165) is 24.3 Å². The smallest absolute Gasteiger partial charge is 0.132 e. The van der Waals surface area contributed by atoms with Gasteiger partial charge in [0, 0.05) is 24.8 Å². The summed E-state index contributed by atoms with van der Waals surface area (Å²) < 4.78 is 0. The molecule has 0 atom stereocenters. The van der Waals surface area contributed by atoms with Gasteiger partial charge in [0.1, 0.15) is 5.78 Å². The summed E-state index contributed by atoms with van der Waals surface area (Å²) in [5, 5.41) is 0. The van der Waals surface area contributed by atoms with Gasteiger partial charge in [-0.3, -0.25) is 4.79 Å². The third-order valence-corrected chi connectivity index (χ3v) is 4.88. The van der Waals surface area contributed by atoms with Crippen LogP contribution in [0.5, 0.6) is 0 Å². The third-order valence-electron chi connectivity index (χ3n) is 4.88. The minimum absolute atomic E-state index is 0.336. The van der Waals surface area contributed by atoms with Crippen molar-refractivity contribution < 1.29 is 4.79 Å². The maximum absolute atomic E-state index is 11.6. The van der Waals surface area contributed by atoms with Crippen LogP contribution in [0.1, 0.15) is 74.1 Å². The van der Waals surface area contributed by atoms with E-state index < -0.39 is 0 Å². The fraction of sp³-hybridized carbons (Fsp3) is 0.571. The average Bonchev–Trinajstić information content (AvgIpc) is 3.02. The van der Waals surface area contributed by atoms with Gasteiger partial charge in [-0.25, -0.2) is 0 Å². The predicted octanol–water partition coefficient (Wildman–Crippen LogP) is 5.15. The predicted molar refractivity (Wildman–Crippen MR) is 93.0 cm³/mol. The molecule has 2 rings (SSSR count). The van der Waals surface area contributed by atoms with E-state index in [-0.39, 0.29) is 0 Å². The van der Waals surface area contributed by atoms with E-state index in [1.54, 1.807) is 0 Å². The Morgan fingerprint density at radius 1 is 1.18 bits per heavy atom. The number of hydrogen-bond donors (Lipinski definition) is 0. The molecule has 0 amide bonds. The maximum Gasteiger partial charge on any atom is 0.132 e. The van der Waals surface area contributed by atoms with Gasteiger partial charge in [0.2, 0.25) is 0 Å². The third kappa shape index (κ3) is 4.73. The molecule has 1 saturated carbocycles. The molecule has 1 fully saturated rings. The molecule has 22 heavy (non-hydrogen) atoms. The number of carbonyl (C=O) groups is 1. The summed E-state index contributed by atoms with van der Waals surface area (Å²) in [6.45, 7) is 6.21. The van der Waals surface area contributed by atoms with Crippen LogP contribution >= 0.6 is 0 Å². The van der Waals surface area contributed by atoms with E-state index in [1.165, 1.54) is 42.4 Å². The van der Waals surface area contributed by atoms with Gasteiger partial charge < -0.3 is 0 Å². The van der Waals surface area contributed by atoms with Crippen molar-refractivity contribution >= 4 is 5.78 Å². The molecule has 0 aromatic heterocycles. The van der Waals surface area contributed by atoms with Crippen LogP contribution in [0.25, 0.3) is 0 Å². The zero-order valence-corrected chi connectivity index (χ0v) is 14.3. The first-order chi connectivity index (χ1) is 10.6. The van der Waals surface area contributed by atoms with Gasteiger partial charge in [0.05, 0.1) is 0 Å². The molecule has 1 heteroatoms.